The molecule has 184 valence electrons. The summed E-state index contributed by atoms with van der Waals surface area (Å²) in [6.45, 7) is 3.97. The molecule has 3 heterocycles. The van der Waals surface area contributed by atoms with Gasteiger partial charge in [-0.25, -0.2) is 4.79 Å². The van der Waals surface area contributed by atoms with Crippen molar-refractivity contribution in [1.82, 2.24) is 4.40 Å². The van der Waals surface area contributed by atoms with Crippen molar-refractivity contribution in [3.63, 3.8) is 0 Å². The molecule has 0 bridgehead atoms. The minimum absolute atomic E-state index is 0.171. The average molecular weight is 545 g/mol. The van der Waals surface area contributed by atoms with Crippen LogP contribution in [0.1, 0.15) is 49.2 Å². The quantitative estimate of drug-likeness (QED) is 0.119. The number of ketones is 1. The fraction of sp³-hybridized carbons (Fsp3) is 0.138. The zero-order valence-corrected chi connectivity index (χ0v) is 22.5. The number of ether oxygens (including phenoxy) is 1. The van der Waals surface area contributed by atoms with Crippen LogP contribution in [0.5, 0.6) is 0 Å². The summed E-state index contributed by atoms with van der Waals surface area (Å²) in [5, 5.41) is 10.2. The van der Waals surface area contributed by atoms with Crippen molar-refractivity contribution in [2.75, 3.05) is 6.61 Å². The summed E-state index contributed by atoms with van der Waals surface area (Å²) in [5.41, 5.74) is 5.09. The Balaban J connectivity index is 1.71. The molecule has 0 unspecified atom stereocenters. The van der Waals surface area contributed by atoms with E-state index in [1.807, 2.05) is 41.8 Å². The summed E-state index contributed by atoms with van der Waals surface area (Å²) >= 11 is 9.04. The van der Waals surface area contributed by atoms with E-state index in [0.29, 0.717) is 43.2 Å². The number of carbonyl (C=O) groups excluding carboxylic acids is 2. The number of aryl methyl sites for hydroxylation is 1. The van der Waals surface area contributed by atoms with Crippen LogP contribution in [0, 0.1) is 18.3 Å². The van der Waals surface area contributed by atoms with Crippen LogP contribution in [-0.2, 0) is 10.5 Å². The molecule has 3 aromatic heterocycles. The number of thioether (sulfide) groups is 1. The first-order valence-electron chi connectivity index (χ1n) is 11.6. The van der Waals surface area contributed by atoms with Crippen molar-refractivity contribution in [2.45, 2.75) is 23.8 Å². The Morgan fingerprint density at radius 3 is 2.51 bits per heavy atom. The number of aromatic nitrogens is 1. The van der Waals surface area contributed by atoms with Crippen LogP contribution in [0.4, 0.5) is 0 Å². The van der Waals surface area contributed by atoms with Gasteiger partial charge in [0.05, 0.1) is 43.9 Å². The predicted octanol–water partition coefficient (Wildman–Crippen LogP) is 7.69. The minimum Gasteiger partial charge on any atom is -0.462 e. The number of nitrogens with zero attached hydrogens (tertiary/aromatic N) is 2. The highest BCUT2D eigenvalue weighted by Crippen LogP contribution is 2.44. The number of carbonyl (C=O) groups is 2. The number of halogens is 1. The van der Waals surface area contributed by atoms with Crippen LogP contribution in [0.3, 0.4) is 0 Å². The summed E-state index contributed by atoms with van der Waals surface area (Å²) < 4.78 is 8.35. The molecule has 0 saturated carbocycles. The van der Waals surface area contributed by atoms with Crippen LogP contribution in [0.15, 0.2) is 71.1 Å². The van der Waals surface area contributed by atoms with Crippen molar-refractivity contribution in [1.29, 1.82) is 5.26 Å². The molecule has 0 atom stereocenters. The number of thiophene rings is 1. The van der Waals surface area contributed by atoms with Gasteiger partial charge in [0.2, 0.25) is 5.78 Å². The van der Waals surface area contributed by atoms with Gasteiger partial charge >= 0.3 is 5.97 Å². The third-order valence-electron chi connectivity index (χ3n) is 5.95. The van der Waals surface area contributed by atoms with Gasteiger partial charge in [-0.1, -0.05) is 23.7 Å². The molecule has 0 aliphatic rings. The van der Waals surface area contributed by atoms with Crippen molar-refractivity contribution in [2.24, 2.45) is 0 Å². The van der Waals surface area contributed by atoms with E-state index in [4.69, 9.17) is 21.6 Å². The maximum Gasteiger partial charge on any atom is 0.341 e. The zero-order valence-electron chi connectivity index (χ0n) is 20.1. The number of pyridine rings is 1. The first-order valence-corrected chi connectivity index (χ1v) is 13.8. The highest BCUT2D eigenvalue weighted by molar-refractivity contribution is 8.00. The van der Waals surface area contributed by atoms with Crippen LogP contribution in [0.2, 0.25) is 5.02 Å². The van der Waals surface area contributed by atoms with Gasteiger partial charge in [-0.3, -0.25) is 4.79 Å². The third kappa shape index (κ3) is 4.76. The predicted molar refractivity (Wildman–Crippen MR) is 149 cm³/mol. The molecule has 8 heteroatoms. The second kappa shape index (κ2) is 10.4. The van der Waals surface area contributed by atoms with Crippen LogP contribution in [-0.4, -0.2) is 22.8 Å². The van der Waals surface area contributed by atoms with Crippen molar-refractivity contribution < 1.29 is 14.3 Å². The molecule has 0 saturated heterocycles. The summed E-state index contributed by atoms with van der Waals surface area (Å²) in [6, 6.07) is 20.3. The van der Waals surface area contributed by atoms with Crippen molar-refractivity contribution in [3.05, 3.63) is 105 Å². The van der Waals surface area contributed by atoms with Crippen LogP contribution >= 0.6 is 34.7 Å². The first-order chi connectivity index (χ1) is 17.9. The topological polar surface area (TPSA) is 71.6 Å². The van der Waals surface area contributed by atoms with E-state index in [1.165, 1.54) is 11.3 Å². The monoisotopic (exact) mass is 544 g/mol. The summed E-state index contributed by atoms with van der Waals surface area (Å²) in [7, 11) is 0. The lowest BCUT2D eigenvalue weighted by molar-refractivity contribution is 0.0531. The minimum atomic E-state index is -0.452. The maximum absolute atomic E-state index is 13.8. The first kappa shape index (κ1) is 25.1. The molecule has 0 aliphatic carbocycles. The number of nitriles is 1. The zero-order chi connectivity index (χ0) is 26.1. The van der Waals surface area contributed by atoms with E-state index in [0.717, 1.165) is 20.9 Å². The summed E-state index contributed by atoms with van der Waals surface area (Å²) in [6.07, 6.45) is 1.94. The van der Waals surface area contributed by atoms with E-state index < -0.39 is 5.97 Å². The van der Waals surface area contributed by atoms with Crippen LogP contribution in [0.25, 0.3) is 16.4 Å². The Hall–Kier alpha value is -3.57. The van der Waals surface area contributed by atoms with Gasteiger partial charge in [0.1, 0.15) is 0 Å². The smallest absolute Gasteiger partial charge is 0.341 e. The molecule has 2 aromatic carbocycles. The lowest BCUT2D eigenvalue weighted by Crippen LogP contribution is -2.06. The van der Waals surface area contributed by atoms with Gasteiger partial charge in [0.25, 0.3) is 0 Å². The molecule has 37 heavy (non-hydrogen) atoms. The van der Waals surface area contributed by atoms with E-state index in [2.05, 4.69) is 6.07 Å². The number of benzene rings is 2. The second-order valence-corrected chi connectivity index (χ2v) is 11.1. The fourth-order valence-electron chi connectivity index (χ4n) is 4.20. The number of esters is 1. The van der Waals surface area contributed by atoms with Gasteiger partial charge < -0.3 is 9.14 Å². The maximum atomic E-state index is 13.8. The molecule has 0 aliphatic heterocycles. The molecule has 5 rings (SSSR count). The highest BCUT2D eigenvalue weighted by atomic mass is 35.5. The second-order valence-electron chi connectivity index (χ2n) is 8.43. The third-order valence-corrected chi connectivity index (χ3v) is 8.72. The Morgan fingerprint density at radius 2 is 1.84 bits per heavy atom. The van der Waals surface area contributed by atoms with Crippen molar-refractivity contribution in [3.8, 4) is 6.07 Å². The lowest BCUT2D eigenvalue weighted by atomic mass is 10.1. The number of fused-ring (bicyclic) bond motifs is 3. The Bertz CT molecular complexity index is 1690. The molecular weight excluding hydrogens is 524 g/mol. The van der Waals surface area contributed by atoms with Crippen molar-refractivity contribution >= 4 is 62.9 Å². The molecule has 0 amide bonds. The van der Waals surface area contributed by atoms with Gasteiger partial charge in [-0.05, 0) is 73.5 Å². The van der Waals surface area contributed by atoms with E-state index >= 15 is 0 Å². The Kier molecular flexibility index (Phi) is 7.07. The molecule has 0 radical (unpaired) electrons. The van der Waals surface area contributed by atoms with E-state index in [9.17, 15) is 9.59 Å². The van der Waals surface area contributed by atoms with Gasteiger partial charge in [0.15, 0.2) is 0 Å². The number of hydrogen-bond donors (Lipinski definition) is 0. The van der Waals surface area contributed by atoms with E-state index in [-0.39, 0.29) is 12.4 Å². The van der Waals surface area contributed by atoms with Gasteiger partial charge in [0, 0.05) is 27.9 Å². The molecule has 5 aromatic rings. The number of rotatable bonds is 7. The largest absolute Gasteiger partial charge is 0.462 e. The molecule has 0 fully saturated rings. The molecule has 5 nitrogen and oxygen atoms in total. The summed E-state index contributed by atoms with van der Waals surface area (Å²) in [5.74, 6) is 0.0197. The Labute approximate surface area is 227 Å². The van der Waals surface area contributed by atoms with Gasteiger partial charge in [-0.2, -0.15) is 5.26 Å². The fourth-order valence-corrected chi connectivity index (χ4v) is 6.81. The van der Waals surface area contributed by atoms with E-state index in [1.54, 1.807) is 55.1 Å². The number of hydrogen-bond acceptors (Lipinski definition) is 6. The molecule has 0 N–H and O–H groups in total. The average Bonchev–Trinajstić information content (AvgIpc) is 3.43. The summed E-state index contributed by atoms with van der Waals surface area (Å²) in [4.78, 5) is 27.5. The van der Waals surface area contributed by atoms with Crippen LogP contribution < -0.4 is 0 Å². The molecular formula is C29H21ClN2O3S2. The highest BCUT2D eigenvalue weighted by Gasteiger charge is 2.29. The Morgan fingerprint density at radius 1 is 1.11 bits per heavy atom. The lowest BCUT2D eigenvalue weighted by Gasteiger charge is -2.05. The standard InChI is InChI=1S/C29H21ClN2O3S2/c1-3-35-28(34)23-22-14-17(2)12-13-32(22)25-24(23)27(26(33)20-8-10-21(30)11-9-20)37-29(25)36-16-19-6-4-18(15-31)5-7-19/h4-14H,3,16H2,1-2H3. The van der Waals surface area contributed by atoms with Gasteiger partial charge in [-0.15, -0.1) is 23.1 Å². The normalized spacial score (nSPS) is 11.1. The SMILES string of the molecule is CCOC(=O)c1c2c(C(=O)c3ccc(Cl)cc3)sc(SCc3ccc(C#N)cc3)c2n2ccc(C)cc12. The molecule has 0 spiro atoms.